The summed E-state index contributed by atoms with van der Waals surface area (Å²) >= 11 is 0. The quantitative estimate of drug-likeness (QED) is 0.314. The highest BCUT2D eigenvalue weighted by Gasteiger charge is 2.62. The zero-order chi connectivity index (χ0) is 36.2. The van der Waals surface area contributed by atoms with Crippen molar-refractivity contribution in [3.05, 3.63) is 60.2 Å². The summed E-state index contributed by atoms with van der Waals surface area (Å²) in [6, 6.07) is 14.7. The van der Waals surface area contributed by atoms with Crippen LogP contribution in [-0.4, -0.2) is 83.9 Å². The van der Waals surface area contributed by atoms with Gasteiger partial charge in [0.1, 0.15) is 35.6 Å². The van der Waals surface area contributed by atoms with Gasteiger partial charge in [0, 0.05) is 18.5 Å². The monoisotopic (exact) mass is 701 g/mol. The molecule has 1 saturated carbocycles. The minimum absolute atomic E-state index is 0.0585. The minimum Gasteiger partial charge on any atom is -0.489 e. The van der Waals surface area contributed by atoms with E-state index in [4.69, 9.17) is 9.47 Å². The first-order valence-corrected chi connectivity index (χ1v) is 17.8. The fourth-order valence-corrected chi connectivity index (χ4v) is 7.06. The van der Waals surface area contributed by atoms with Gasteiger partial charge in [-0.15, -0.1) is 10.2 Å². The lowest BCUT2D eigenvalue weighted by Gasteiger charge is -2.30. The van der Waals surface area contributed by atoms with Crippen molar-refractivity contribution in [1.82, 2.24) is 35.7 Å². The van der Waals surface area contributed by atoms with Gasteiger partial charge in [-0.05, 0) is 68.9 Å². The van der Waals surface area contributed by atoms with Crippen LogP contribution in [0.3, 0.4) is 0 Å². The lowest BCUT2D eigenvalue weighted by molar-refractivity contribution is -0.146. The number of carbonyl (C=O) groups is 4. The SMILES string of the molecule is CC(C)(C)OC(=O)N[C@@H]1CCCCCCC[C@H]2C[C@]2(C(=O)O)NC(=O)[C@@H]2C[C@H](n3nnc(-c4cccc(OCc5ccccc5)c4)n3)CN2C1=O. The highest BCUT2D eigenvalue weighted by molar-refractivity contribution is 5.95. The van der Waals surface area contributed by atoms with E-state index in [1.165, 1.54) is 9.70 Å². The number of benzene rings is 2. The molecule has 0 radical (unpaired) electrons. The number of carboxylic acid groups (broad SMARTS) is 1. The number of aliphatic carboxylic acids is 1. The second-order valence-corrected chi connectivity index (χ2v) is 14.8. The Labute approximate surface area is 297 Å². The predicted molar refractivity (Wildman–Crippen MR) is 185 cm³/mol. The summed E-state index contributed by atoms with van der Waals surface area (Å²) in [5.41, 5.74) is -0.420. The molecule has 2 saturated heterocycles. The number of ether oxygens (including phenoxy) is 2. The maximum absolute atomic E-state index is 14.3. The normalized spacial score (nSPS) is 25.7. The molecular formula is C37H47N7O7. The zero-order valence-corrected chi connectivity index (χ0v) is 29.4. The molecule has 2 aromatic carbocycles. The molecule has 51 heavy (non-hydrogen) atoms. The van der Waals surface area contributed by atoms with E-state index in [2.05, 4.69) is 26.0 Å². The number of carbonyl (C=O) groups excluding carboxylic acids is 3. The maximum atomic E-state index is 14.3. The van der Waals surface area contributed by atoms with Gasteiger partial charge < -0.3 is 30.1 Å². The molecule has 0 unspecified atom stereocenters. The van der Waals surface area contributed by atoms with Gasteiger partial charge in [-0.3, -0.25) is 9.59 Å². The second kappa shape index (κ2) is 15.1. The summed E-state index contributed by atoms with van der Waals surface area (Å²) < 4.78 is 11.5. The third-order valence-corrected chi connectivity index (χ3v) is 9.83. The van der Waals surface area contributed by atoms with Gasteiger partial charge in [0.2, 0.25) is 17.6 Å². The van der Waals surface area contributed by atoms with Gasteiger partial charge in [0.15, 0.2) is 0 Å². The van der Waals surface area contributed by atoms with Crippen LogP contribution in [0.15, 0.2) is 54.6 Å². The van der Waals surface area contributed by atoms with Crippen molar-refractivity contribution in [2.75, 3.05) is 6.54 Å². The molecule has 3 aliphatic rings. The van der Waals surface area contributed by atoms with Gasteiger partial charge >= 0.3 is 12.1 Å². The summed E-state index contributed by atoms with van der Waals surface area (Å²) in [4.78, 5) is 56.5. The second-order valence-electron chi connectivity index (χ2n) is 14.8. The molecule has 272 valence electrons. The molecule has 5 atom stereocenters. The molecule has 0 bridgehead atoms. The maximum Gasteiger partial charge on any atom is 0.408 e. The summed E-state index contributed by atoms with van der Waals surface area (Å²) in [5, 5.41) is 29.0. The third kappa shape index (κ3) is 8.66. The molecule has 1 aromatic heterocycles. The van der Waals surface area contributed by atoms with Gasteiger partial charge in [0.05, 0.1) is 6.04 Å². The highest BCUT2D eigenvalue weighted by atomic mass is 16.6. The van der Waals surface area contributed by atoms with Gasteiger partial charge in [-0.25, -0.2) is 9.59 Å². The van der Waals surface area contributed by atoms with Crippen LogP contribution in [0.1, 0.15) is 90.2 Å². The molecule has 14 nitrogen and oxygen atoms in total. The van der Waals surface area contributed by atoms with Crippen LogP contribution < -0.4 is 15.4 Å². The van der Waals surface area contributed by atoms with Crippen LogP contribution in [-0.2, 0) is 25.7 Å². The van der Waals surface area contributed by atoms with E-state index in [0.717, 1.165) is 31.2 Å². The van der Waals surface area contributed by atoms with Crippen LogP contribution >= 0.6 is 0 Å². The van der Waals surface area contributed by atoms with Crippen molar-refractivity contribution in [3.63, 3.8) is 0 Å². The van der Waals surface area contributed by atoms with E-state index in [-0.39, 0.29) is 18.9 Å². The first-order valence-electron chi connectivity index (χ1n) is 17.8. The van der Waals surface area contributed by atoms with Crippen molar-refractivity contribution in [1.29, 1.82) is 0 Å². The van der Waals surface area contributed by atoms with Gasteiger partial charge in [-0.1, -0.05) is 74.6 Å². The van der Waals surface area contributed by atoms with Crippen molar-refractivity contribution in [2.24, 2.45) is 5.92 Å². The van der Waals surface area contributed by atoms with Crippen molar-refractivity contribution in [3.8, 4) is 17.1 Å². The summed E-state index contributed by atoms with van der Waals surface area (Å²) in [6.45, 7) is 5.68. The molecule has 3 fully saturated rings. The molecule has 0 spiro atoms. The molecule has 14 heteroatoms. The summed E-state index contributed by atoms with van der Waals surface area (Å²) in [6.07, 6.45) is 5.06. The Morgan fingerprint density at radius 2 is 1.76 bits per heavy atom. The minimum atomic E-state index is -1.36. The Kier molecular flexibility index (Phi) is 10.6. The number of aromatic nitrogens is 4. The molecule has 3 N–H and O–H groups in total. The lowest BCUT2D eigenvalue weighted by Crippen LogP contribution is -2.56. The number of nitrogens with one attached hydrogen (secondary N) is 2. The molecule has 3 aromatic rings. The molecule has 6 rings (SSSR count). The number of amides is 3. The molecule has 3 heterocycles. The van der Waals surface area contributed by atoms with Crippen molar-refractivity contribution >= 4 is 23.9 Å². The topological polar surface area (TPSA) is 178 Å². The number of tetrazole rings is 1. The fraction of sp³-hybridized carbons (Fsp3) is 0.541. The van der Waals surface area contributed by atoms with Crippen LogP contribution in [0.25, 0.3) is 11.4 Å². The summed E-state index contributed by atoms with van der Waals surface area (Å²) in [7, 11) is 0. The lowest BCUT2D eigenvalue weighted by atomic mass is 10.0. The van der Waals surface area contributed by atoms with E-state index in [9.17, 15) is 24.3 Å². The highest BCUT2D eigenvalue weighted by Crippen LogP contribution is 2.47. The number of carboxylic acids is 1. The molecule has 2 aliphatic heterocycles. The predicted octanol–water partition coefficient (Wildman–Crippen LogP) is 4.66. The largest absolute Gasteiger partial charge is 0.489 e. The standard InChI is InChI=1S/C37H47N7O7/c1-36(2,3)51-35(49)38-29-18-11-6-4-5-10-16-26-21-37(26,34(47)48)39-32(45)30-20-27(22-43(30)33(29)46)44-41-31(40-42-44)25-15-12-17-28(19-25)50-23-24-13-8-7-9-14-24/h7-9,12-15,17,19,26-27,29-30H,4-6,10-11,16,18,20-23H2,1-3H3,(H,38,49)(H,39,45)(H,47,48)/t26-,27-,29+,30-,37-/m0/s1. The van der Waals surface area contributed by atoms with E-state index in [1.807, 2.05) is 54.6 Å². The third-order valence-electron chi connectivity index (χ3n) is 9.83. The summed E-state index contributed by atoms with van der Waals surface area (Å²) in [5.74, 6) is -1.26. The zero-order valence-electron chi connectivity index (χ0n) is 29.4. The first kappa shape index (κ1) is 35.8. The smallest absolute Gasteiger partial charge is 0.408 e. The van der Waals surface area contributed by atoms with Crippen LogP contribution in [0.5, 0.6) is 5.75 Å². The average Bonchev–Trinajstić information content (AvgIpc) is 3.39. The van der Waals surface area contributed by atoms with E-state index in [0.29, 0.717) is 49.4 Å². The van der Waals surface area contributed by atoms with Crippen LogP contribution in [0.2, 0.25) is 0 Å². The Balaban J connectivity index is 1.24. The Bertz CT molecular complexity index is 1720. The number of hydrogen-bond donors (Lipinski definition) is 3. The number of alkyl carbamates (subject to hydrolysis) is 1. The molecule has 1 aliphatic carbocycles. The van der Waals surface area contributed by atoms with Crippen LogP contribution in [0, 0.1) is 5.92 Å². The van der Waals surface area contributed by atoms with Crippen molar-refractivity contribution in [2.45, 2.75) is 114 Å². The van der Waals surface area contributed by atoms with Crippen molar-refractivity contribution < 1.29 is 33.8 Å². The number of fused-ring (bicyclic) bond motifs is 2. The Hall–Kier alpha value is -5.01. The van der Waals surface area contributed by atoms with E-state index in [1.54, 1.807) is 20.8 Å². The van der Waals surface area contributed by atoms with Crippen LogP contribution in [0.4, 0.5) is 4.79 Å². The number of hydrogen-bond acceptors (Lipinski definition) is 9. The number of rotatable bonds is 7. The van der Waals surface area contributed by atoms with E-state index < -0.39 is 53.1 Å². The Morgan fingerprint density at radius 3 is 2.51 bits per heavy atom. The Morgan fingerprint density at radius 1 is 1.02 bits per heavy atom. The van der Waals surface area contributed by atoms with E-state index >= 15 is 0 Å². The molecule has 3 amide bonds. The van der Waals surface area contributed by atoms with Gasteiger partial charge in [0.25, 0.3) is 0 Å². The fourth-order valence-electron chi connectivity index (χ4n) is 7.06. The average molecular weight is 702 g/mol. The van der Waals surface area contributed by atoms with Gasteiger partial charge in [-0.2, -0.15) is 4.80 Å². The number of nitrogens with zero attached hydrogens (tertiary/aromatic N) is 5. The first-order chi connectivity index (χ1) is 24.4. The molecular weight excluding hydrogens is 654 g/mol.